The van der Waals surface area contributed by atoms with Crippen molar-refractivity contribution in [3.8, 4) is 0 Å². The highest BCUT2D eigenvalue weighted by Gasteiger charge is 2.19. The van der Waals surface area contributed by atoms with E-state index in [-0.39, 0.29) is 0 Å². The van der Waals surface area contributed by atoms with Gasteiger partial charge >= 0.3 is 0 Å². The molecule has 90 valence electrons. The Morgan fingerprint density at radius 2 is 2.12 bits per heavy atom. The van der Waals surface area contributed by atoms with Gasteiger partial charge in [-0.15, -0.1) is 0 Å². The lowest BCUT2D eigenvalue weighted by molar-refractivity contribution is 0.672. The van der Waals surface area contributed by atoms with Crippen molar-refractivity contribution in [1.29, 1.82) is 0 Å². The van der Waals surface area contributed by atoms with E-state index in [0.29, 0.717) is 17.3 Å². The Kier molecular flexibility index (Phi) is 2.47. The molecule has 0 unspecified atom stereocenters. The third-order valence-electron chi connectivity index (χ3n) is 2.85. The van der Waals surface area contributed by atoms with E-state index >= 15 is 0 Å². The molecule has 0 radical (unpaired) electrons. The number of rotatable bonds is 1. The molecule has 1 saturated heterocycles. The fourth-order valence-corrected chi connectivity index (χ4v) is 3.05. The van der Waals surface area contributed by atoms with Crippen LogP contribution < -0.4 is 10.6 Å². The van der Waals surface area contributed by atoms with E-state index in [0.717, 1.165) is 24.6 Å². The Bertz CT molecular complexity index is 571. The topological polar surface area (TPSA) is 76.5 Å². The summed E-state index contributed by atoms with van der Waals surface area (Å²) in [7, 11) is -0.692. The number of imidazole rings is 1. The summed E-state index contributed by atoms with van der Waals surface area (Å²) < 4.78 is 13.2. The molecule has 7 heteroatoms. The zero-order valence-corrected chi connectivity index (χ0v) is 10.1. The van der Waals surface area contributed by atoms with Crippen molar-refractivity contribution in [3.05, 3.63) is 18.6 Å². The van der Waals surface area contributed by atoms with Crippen LogP contribution in [0.5, 0.6) is 0 Å². The molecule has 0 atom stereocenters. The summed E-state index contributed by atoms with van der Waals surface area (Å²) in [4.78, 5) is 10.7. The lowest BCUT2D eigenvalue weighted by Crippen LogP contribution is -2.38. The van der Waals surface area contributed by atoms with E-state index in [9.17, 15) is 4.21 Å². The number of hydrogen-bond donors (Lipinski definition) is 1. The van der Waals surface area contributed by atoms with Crippen molar-refractivity contribution in [2.75, 3.05) is 35.2 Å². The Morgan fingerprint density at radius 1 is 1.35 bits per heavy atom. The molecule has 6 nitrogen and oxygen atoms in total. The molecule has 0 spiro atoms. The molecule has 2 aromatic heterocycles. The average molecular weight is 251 g/mol. The minimum atomic E-state index is -0.692. The number of nitrogen functional groups attached to an aromatic ring is 1. The summed E-state index contributed by atoms with van der Waals surface area (Å²) in [6, 6.07) is 0. The Morgan fingerprint density at radius 3 is 2.88 bits per heavy atom. The number of anilines is 2. The van der Waals surface area contributed by atoms with Crippen LogP contribution in [0.15, 0.2) is 18.6 Å². The fraction of sp³-hybridized carbons (Fsp3) is 0.400. The average Bonchev–Trinajstić information content (AvgIpc) is 2.77. The molecule has 2 N–H and O–H groups in total. The maximum atomic E-state index is 11.3. The highest BCUT2D eigenvalue weighted by Crippen LogP contribution is 2.20. The van der Waals surface area contributed by atoms with Gasteiger partial charge in [0, 0.05) is 47.8 Å². The normalized spacial score (nSPS) is 17.8. The fourth-order valence-electron chi connectivity index (χ4n) is 2.00. The highest BCUT2D eigenvalue weighted by atomic mass is 32.2. The van der Waals surface area contributed by atoms with Gasteiger partial charge in [-0.1, -0.05) is 0 Å². The summed E-state index contributed by atoms with van der Waals surface area (Å²) in [5, 5.41) is 0. The second-order valence-electron chi connectivity index (χ2n) is 3.98. The number of aromatic nitrogens is 3. The Labute approximate surface area is 101 Å². The molecule has 1 aliphatic heterocycles. The van der Waals surface area contributed by atoms with Gasteiger partial charge in [0.05, 0.1) is 6.20 Å². The van der Waals surface area contributed by atoms with Crippen molar-refractivity contribution in [2.45, 2.75) is 0 Å². The van der Waals surface area contributed by atoms with Gasteiger partial charge in [-0.2, -0.15) is 0 Å². The summed E-state index contributed by atoms with van der Waals surface area (Å²) in [5.74, 6) is 2.62. The van der Waals surface area contributed by atoms with Gasteiger partial charge in [-0.3, -0.25) is 4.21 Å². The number of nitrogens with zero attached hydrogens (tertiary/aromatic N) is 4. The summed E-state index contributed by atoms with van der Waals surface area (Å²) in [6.07, 6.45) is 5.31. The van der Waals surface area contributed by atoms with Gasteiger partial charge < -0.3 is 15.0 Å². The quantitative estimate of drug-likeness (QED) is 0.764. The van der Waals surface area contributed by atoms with Crippen LogP contribution in [0.3, 0.4) is 0 Å². The standard InChI is InChI=1S/C10H13N5OS/c11-8-7-15-2-1-12-9(15)10(13-8)14-3-5-17(16)6-4-14/h1-2,7H,3-6,11H2. The molecule has 0 bridgehead atoms. The van der Waals surface area contributed by atoms with Gasteiger partial charge in [-0.25, -0.2) is 9.97 Å². The van der Waals surface area contributed by atoms with E-state index in [2.05, 4.69) is 14.9 Å². The molecule has 0 aliphatic carbocycles. The van der Waals surface area contributed by atoms with Crippen molar-refractivity contribution < 1.29 is 4.21 Å². The summed E-state index contributed by atoms with van der Waals surface area (Å²) in [6.45, 7) is 1.48. The number of nitrogens with two attached hydrogens (primary N) is 1. The van der Waals surface area contributed by atoms with E-state index in [1.54, 1.807) is 12.4 Å². The maximum absolute atomic E-state index is 11.3. The van der Waals surface area contributed by atoms with Gasteiger partial charge in [-0.05, 0) is 0 Å². The SMILES string of the molecule is Nc1cn2ccnc2c(N2CCS(=O)CC2)n1. The van der Waals surface area contributed by atoms with E-state index in [1.807, 2.05) is 10.6 Å². The molecule has 2 aromatic rings. The first kappa shape index (κ1) is 10.5. The van der Waals surface area contributed by atoms with Crippen LogP contribution in [-0.2, 0) is 10.8 Å². The molecule has 0 amide bonds. The summed E-state index contributed by atoms with van der Waals surface area (Å²) in [5.41, 5.74) is 6.57. The molecule has 3 heterocycles. The zero-order chi connectivity index (χ0) is 11.8. The molecular weight excluding hydrogens is 238 g/mol. The van der Waals surface area contributed by atoms with Crippen LogP contribution in [0.25, 0.3) is 5.65 Å². The molecule has 17 heavy (non-hydrogen) atoms. The van der Waals surface area contributed by atoms with Crippen LogP contribution >= 0.6 is 0 Å². The molecule has 0 aromatic carbocycles. The molecule has 1 aliphatic rings. The molecule has 3 rings (SSSR count). The van der Waals surface area contributed by atoms with E-state index in [4.69, 9.17) is 5.73 Å². The predicted molar refractivity (Wildman–Crippen MR) is 67.5 cm³/mol. The van der Waals surface area contributed by atoms with Gasteiger partial charge in [0.2, 0.25) is 0 Å². The first-order chi connectivity index (χ1) is 8.24. The smallest absolute Gasteiger partial charge is 0.180 e. The largest absolute Gasteiger partial charge is 0.382 e. The van der Waals surface area contributed by atoms with Gasteiger partial charge in [0.25, 0.3) is 0 Å². The molecular formula is C10H13N5OS. The van der Waals surface area contributed by atoms with Gasteiger partial charge in [0.1, 0.15) is 5.82 Å². The number of hydrogen-bond acceptors (Lipinski definition) is 5. The third-order valence-corrected chi connectivity index (χ3v) is 4.13. The monoisotopic (exact) mass is 251 g/mol. The molecule has 0 saturated carbocycles. The van der Waals surface area contributed by atoms with Crippen LogP contribution in [-0.4, -0.2) is 43.2 Å². The van der Waals surface area contributed by atoms with E-state index < -0.39 is 10.8 Å². The second kappa shape index (κ2) is 3.99. The Balaban J connectivity index is 2.04. The highest BCUT2D eigenvalue weighted by molar-refractivity contribution is 7.85. The first-order valence-corrected chi connectivity index (χ1v) is 6.92. The Hall–Kier alpha value is -1.63. The van der Waals surface area contributed by atoms with Crippen LogP contribution in [0.2, 0.25) is 0 Å². The first-order valence-electron chi connectivity index (χ1n) is 5.43. The maximum Gasteiger partial charge on any atom is 0.180 e. The second-order valence-corrected chi connectivity index (χ2v) is 5.68. The summed E-state index contributed by atoms with van der Waals surface area (Å²) >= 11 is 0. The minimum absolute atomic E-state index is 0.470. The lowest BCUT2D eigenvalue weighted by Gasteiger charge is -2.27. The minimum Gasteiger partial charge on any atom is -0.382 e. The molecule has 1 fully saturated rings. The van der Waals surface area contributed by atoms with Gasteiger partial charge in [0.15, 0.2) is 11.5 Å². The van der Waals surface area contributed by atoms with Crippen LogP contribution in [0.4, 0.5) is 11.6 Å². The van der Waals surface area contributed by atoms with Crippen molar-refractivity contribution >= 4 is 28.1 Å². The van der Waals surface area contributed by atoms with E-state index in [1.165, 1.54) is 0 Å². The zero-order valence-electron chi connectivity index (χ0n) is 9.24. The van der Waals surface area contributed by atoms with Crippen molar-refractivity contribution in [3.63, 3.8) is 0 Å². The number of fused-ring (bicyclic) bond motifs is 1. The lowest BCUT2D eigenvalue weighted by atomic mass is 10.4. The van der Waals surface area contributed by atoms with Crippen LogP contribution in [0.1, 0.15) is 0 Å². The third kappa shape index (κ3) is 1.86. The van der Waals surface area contributed by atoms with Crippen molar-refractivity contribution in [2.24, 2.45) is 0 Å². The van der Waals surface area contributed by atoms with Crippen molar-refractivity contribution in [1.82, 2.24) is 14.4 Å². The van der Waals surface area contributed by atoms with Crippen LogP contribution in [0, 0.1) is 0 Å². The predicted octanol–water partition coefficient (Wildman–Crippen LogP) is -0.120.